The summed E-state index contributed by atoms with van der Waals surface area (Å²) >= 11 is 0. The minimum absolute atomic E-state index is 0.142. The van der Waals surface area contributed by atoms with Gasteiger partial charge in [0.05, 0.1) is 18.8 Å². The molecule has 3 N–H and O–H groups in total. The molecule has 1 amide bonds. The summed E-state index contributed by atoms with van der Waals surface area (Å²) < 4.78 is 11.5. The molecular weight excluding hydrogens is 244 g/mol. The number of nitrogens with two attached hydrogens (primary N) is 1. The molecule has 1 aliphatic heterocycles. The summed E-state index contributed by atoms with van der Waals surface area (Å²) in [4.78, 5) is 11.8. The Balaban J connectivity index is 1.50. The van der Waals surface area contributed by atoms with Crippen molar-refractivity contribution < 1.29 is 14.3 Å². The molecule has 3 unspecified atom stereocenters. The average molecular weight is 268 g/mol. The van der Waals surface area contributed by atoms with Crippen LogP contribution < -0.4 is 11.1 Å². The van der Waals surface area contributed by atoms with E-state index in [0.717, 1.165) is 45.1 Å². The van der Waals surface area contributed by atoms with Crippen molar-refractivity contribution in [2.75, 3.05) is 13.2 Å². The molecule has 3 aliphatic rings. The molecule has 0 aromatic carbocycles. The van der Waals surface area contributed by atoms with Crippen LogP contribution >= 0.6 is 0 Å². The van der Waals surface area contributed by atoms with Crippen LogP contribution in [0.2, 0.25) is 0 Å². The summed E-state index contributed by atoms with van der Waals surface area (Å²) in [6, 6.07) is 0.490. The van der Waals surface area contributed by atoms with Crippen LogP contribution in [0.15, 0.2) is 0 Å². The van der Waals surface area contributed by atoms with Crippen LogP contribution in [0.25, 0.3) is 0 Å². The highest BCUT2D eigenvalue weighted by molar-refractivity contribution is 5.85. The average Bonchev–Trinajstić information content (AvgIpc) is 2.91. The van der Waals surface area contributed by atoms with E-state index >= 15 is 0 Å². The van der Waals surface area contributed by atoms with Crippen molar-refractivity contribution in [3.05, 3.63) is 0 Å². The standard InChI is InChI=1S/C14H24N2O3/c15-13(17)14(16-10-3-4-10)6-5-11(8-14)19-9-12-2-1-7-18-12/h10-12,16H,1-9H2,(H2,15,17). The highest BCUT2D eigenvalue weighted by Gasteiger charge is 2.47. The van der Waals surface area contributed by atoms with E-state index in [9.17, 15) is 4.79 Å². The highest BCUT2D eigenvalue weighted by Crippen LogP contribution is 2.35. The molecule has 0 radical (unpaired) electrons. The van der Waals surface area contributed by atoms with E-state index in [4.69, 9.17) is 15.2 Å². The van der Waals surface area contributed by atoms with Gasteiger partial charge in [0, 0.05) is 19.1 Å². The van der Waals surface area contributed by atoms with Gasteiger partial charge in [-0.25, -0.2) is 0 Å². The van der Waals surface area contributed by atoms with Gasteiger partial charge in [-0.05, 0) is 38.5 Å². The van der Waals surface area contributed by atoms with Gasteiger partial charge < -0.3 is 20.5 Å². The third-order valence-corrected chi connectivity index (χ3v) is 4.54. The van der Waals surface area contributed by atoms with Gasteiger partial charge in [-0.1, -0.05) is 0 Å². The fourth-order valence-electron chi connectivity index (χ4n) is 3.21. The van der Waals surface area contributed by atoms with E-state index in [1.165, 1.54) is 0 Å². The van der Waals surface area contributed by atoms with Crippen LogP contribution in [-0.4, -0.2) is 42.9 Å². The predicted molar refractivity (Wildman–Crippen MR) is 70.6 cm³/mol. The molecule has 3 atom stereocenters. The summed E-state index contributed by atoms with van der Waals surface area (Å²) in [6.45, 7) is 1.51. The zero-order chi connectivity index (χ0) is 13.3. The van der Waals surface area contributed by atoms with Crippen LogP contribution in [0.1, 0.15) is 44.9 Å². The lowest BCUT2D eigenvalue weighted by atomic mass is 9.96. The number of hydrogen-bond acceptors (Lipinski definition) is 4. The van der Waals surface area contributed by atoms with E-state index in [1.54, 1.807) is 0 Å². The molecule has 2 saturated carbocycles. The Labute approximate surface area is 114 Å². The molecule has 3 rings (SSSR count). The minimum Gasteiger partial charge on any atom is -0.376 e. The van der Waals surface area contributed by atoms with Gasteiger partial charge >= 0.3 is 0 Å². The smallest absolute Gasteiger partial charge is 0.237 e. The fourth-order valence-corrected chi connectivity index (χ4v) is 3.21. The first kappa shape index (κ1) is 13.3. The number of carbonyl (C=O) groups excluding carboxylic acids is 1. The molecule has 0 spiro atoms. The van der Waals surface area contributed by atoms with Crippen LogP contribution in [0.5, 0.6) is 0 Å². The number of primary amides is 1. The third kappa shape index (κ3) is 3.09. The van der Waals surface area contributed by atoms with Gasteiger partial charge in [-0.3, -0.25) is 4.79 Å². The zero-order valence-corrected chi connectivity index (χ0v) is 11.4. The van der Waals surface area contributed by atoms with Gasteiger partial charge in [0.2, 0.25) is 5.91 Å². The molecule has 5 nitrogen and oxygen atoms in total. The van der Waals surface area contributed by atoms with Crippen molar-refractivity contribution in [1.82, 2.24) is 5.32 Å². The summed E-state index contributed by atoms with van der Waals surface area (Å²) in [5.41, 5.74) is 5.08. The first-order valence-electron chi connectivity index (χ1n) is 7.49. The largest absolute Gasteiger partial charge is 0.376 e. The van der Waals surface area contributed by atoms with Crippen molar-refractivity contribution in [3.63, 3.8) is 0 Å². The number of ether oxygens (including phenoxy) is 2. The molecule has 19 heavy (non-hydrogen) atoms. The highest BCUT2D eigenvalue weighted by atomic mass is 16.5. The number of nitrogens with one attached hydrogen (secondary N) is 1. The lowest BCUT2D eigenvalue weighted by Crippen LogP contribution is -2.54. The van der Waals surface area contributed by atoms with Crippen LogP contribution in [-0.2, 0) is 14.3 Å². The predicted octanol–water partition coefficient (Wildman–Crippen LogP) is 0.711. The Morgan fingerprint density at radius 3 is 2.84 bits per heavy atom. The zero-order valence-electron chi connectivity index (χ0n) is 11.4. The number of hydrogen-bond donors (Lipinski definition) is 2. The van der Waals surface area contributed by atoms with Crippen LogP contribution in [0.3, 0.4) is 0 Å². The molecule has 0 bridgehead atoms. The van der Waals surface area contributed by atoms with Crippen molar-refractivity contribution in [2.45, 2.75) is 68.7 Å². The van der Waals surface area contributed by atoms with Crippen LogP contribution in [0.4, 0.5) is 0 Å². The minimum atomic E-state index is -0.525. The van der Waals surface area contributed by atoms with Gasteiger partial charge in [0.15, 0.2) is 0 Å². The van der Waals surface area contributed by atoms with E-state index < -0.39 is 5.54 Å². The first-order chi connectivity index (χ1) is 9.18. The van der Waals surface area contributed by atoms with E-state index in [2.05, 4.69) is 5.32 Å². The maximum absolute atomic E-state index is 11.8. The maximum atomic E-state index is 11.8. The summed E-state index contributed by atoms with van der Waals surface area (Å²) in [5.74, 6) is -0.220. The van der Waals surface area contributed by atoms with Gasteiger partial charge in [0.25, 0.3) is 0 Å². The Morgan fingerprint density at radius 1 is 1.37 bits per heavy atom. The number of amides is 1. The molecule has 0 aromatic heterocycles. The van der Waals surface area contributed by atoms with Gasteiger partial charge in [-0.15, -0.1) is 0 Å². The summed E-state index contributed by atoms with van der Waals surface area (Å²) in [7, 11) is 0. The third-order valence-electron chi connectivity index (χ3n) is 4.54. The second kappa shape index (κ2) is 5.38. The molecule has 1 saturated heterocycles. The Hall–Kier alpha value is -0.650. The molecule has 0 aromatic rings. The fraction of sp³-hybridized carbons (Fsp3) is 0.929. The second-order valence-corrected chi connectivity index (χ2v) is 6.20. The number of carbonyl (C=O) groups is 1. The molecule has 5 heteroatoms. The molecular formula is C14H24N2O3. The normalized spacial score (nSPS) is 38.7. The lowest BCUT2D eigenvalue weighted by Gasteiger charge is -2.27. The summed E-state index contributed by atoms with van der Waals surface area (Å²) in [5, 5.41) is 3.44. The van der Waals surface area contributed by atoms with Crippen molar-refractivity contribution >= 4 is 5.91 Å². The van der Waals surface area contributed by atoms with E-state index in [1.807, 2.05) is 0 Å². The number of rotatable bonds is 6. The Bertz CT molecular complexity index is 340. The maximum Gasteiger partial charge on any atom is 0.237 e. The SMILES string of the molecule is NC(=O)C1(NC2CC2)CCC(OCC2CCCO2)C1. The second-order valence-electron chi connectivity index (χ2n) is 6.20. The van der Waals surface area contributed by atoms with E-state index in [-0.39, 0.29) is 18.1 Å². The monoisotopic (exact) mass is 268 g/mol. The molecule has 1 heterocycles. The first-order valence-corrected chi connectivity index (χ1v) is 7.49. The Kier molecular flexibility index (Phi) is 3.78. The Morgan fingerprint density at radius 2 is 2.21 bits per heavy atom. The molecule has 108 valence electrons. The topological polar surface area (TPSA) is 73.6 Å². The quantitative estimate of drug-likeness (QED) is 0.744. The van der Waals surface area contributed by atoms with E-state index in [0.29, 0.717) is 19.1 Å². The van der Waals surface area contributed by atoms with Crippen molar-refractivity contribution in [1.29, 1.82) is 0 Å². The molecule has 3 fully saturated rings. The summed E-state index contributed by atoms with van der Waals surface area (Å²) in [6.07, 6.45) is 7.37. The van der Waals surface area contributed by atoms with Gasteiger partial charge in [0.1, 0.15) is 5.54 Å². The lowest BCUT2D eigenvalue weighted by molar-refractivity contribution is -0.124. The van der Waals surface area contributed by atoms with Crippen LogP contribution in [0, 0.1) is 0 Å². The van der Waals surface area contributed by atoms with Crippen molar-refractivity contribution in [3.8, 4) is 0 Å². The molecule has 2 aliphatic carbocycles. The van der Waals surface area contributed by atoms with Crippen molar-refractivity contribution in [2.24, 2.45) is 5.73 Å². The van der Waals surface area contributed by atoms with Gasteiger partial charge in [-0.2, -0.15) is 0 Å².